The molecule has 0 atom stereocenters. The number of nitrogens with one attached hydrogen (secondary N) is 1. The van der Waals surface area contributed by atoms with Gasteiger partial charge in [0.25, 0.3) is 0 Å². The van der Waals surface area contributed by atoms with Crippen molar-refractivity contribution in [1.29, 1.82) is 0 Å². The van der Waals surface area contributed by atoms with Crippen molar-refractivity contribution in [1.82, 2.24) is 0 Å². The van der Waals surface area contributed by atoms with Crippen molar-refractivity contribution >= 4 is 17.3 Å². The highest BCUT2D eigenvalue weighted by molar-refractivity contribution is 6.03. The number of hydrogen-bond donors (Lipinski definition) is 1. The largest absolute Gasteiger partial charge is 0.493 e. The fourth-order valence-corrected chi connectivity index (χ4v) is 1.96. The number of ether oxygens (including phenoxy) is 2. The summed E-state index contributed by atoms with van der Waals surface area (Å²) in [5.41, 5.74) is 1.64. The molecule has 1 amide bonds. The molecule has 0 unspecified atom stereocenters. The van der Waals surface area contributed by atoms with Gasteiger partial charge in [-0.05, 0) is 0 Å². The molecule has 1 heterocycles. The first-order valence-corrected chi connectivity index (χ1v) is 5.62. The van der Waals surface area contributed by atoms with Crippen molar-refractivity contribution in [3.8, 4) is 11.5 Å². The second-order valence-corrected chi connectivity index (χ2v) is 3.87. The fraction of sp³-hybridized carbons (Fsp3) is 0.308. The first-order chi connectivity index (χ1) is 8.71. The first kappa shape index (κ1) is 12.3. The summed E-state index contributed by atoms with van der Waals surface area (Å²) in [5.74, 6) is 1.24. The third-order valence-electron chi connectivity index (χ3n) is 2.84. The summed E-state index contributed by atoms with van der Waals surface area (Å²) in [6.07, 6.45) is 1.70. The zero-order chi connectivity index (χ0) is 13.1. The minimum atomic E-state index is 0.00891. The van der Waals surface area contributed by atoms with Crippen LogP contribution < -0.4 is 19.7 Å². The van der Waals surface area contributed by atoms with Gasteiger partial charge in [0.2, 0.25) is 5.91 Å². The third kappa shape index (κ3) is 1.99. The van der Waals surface area contributed by atoms with Crippen LogP contribution in [0.15, 0.2) is 24.8 Å². The van der Waals surface area contributed by atoms with Crippen molar-refractivity contribution < 1.29 is 14.3 Å². The van der Waals surface area contributed by atoms with Gasteiger partial charge in [-0.1, -0.05) is 6.08 Å². The number of anilines is 2. The van der Waals surface area contributed by atoms with Crippen LogP contribution in [-0.2, 0) is 4.79 Å². The molecule has 0 aliphatic carbocycles. The average molecular weight is 248 g/mol. The molecule has 0 radical (unpaired) electrons. The Kier molecular flexibility index (Phi) is 3.41. The lowest BCUT2D eigenvalue weighted by molar-refractivity contribution is -0.117. The van der Waals surface area contributed by atoms with Crippen LogP contribution in [0, 0.1) is 0 Å². The predicted molar refractivity (Wildman–Crippen MR) is 70.6 cm³/mol. The fourth-order valence-electron chi connectivity index (χ4n) is 1.96. The summed E-state index contributed by atoms with van der Waals surface area (Å²) in [6, 6.07) is 3.62. The third-order valence-corrected chi connectivity index (χ3v) is 2.84. The molecular formula is C13H16N2O3. The maximum atomic E-state index is 11.8. The van der Waals surface area contributed by atoms with E-state index >= 15 is 0 Å². The molecular weight excluding hydrogens is 232 g/mol. The Morgan fingerprint density at radius 3 is 2.67 bits per heavy atom. The molecule has 2 rings (SSSR count). The Hall–Kier alpha value is -2.17. The van der Waals surface area contributed by atoms with E-state index in [0.29, 0.717) is 18.0 Å². The zero-order valence-corrected chi connectivity index (χ0v) is 10.5. The molecule has 0 aromatic heterocycles. The van der Waals surface area contributed by atoms with Crippen LogP contribution in [0.4, 0.5) is 11.4 Å². The zero-order valence-electron chi connectivity index (χ0n) is 10.5. The average Bonchev–Trinajstić information content (AvgIpc) is 2.40. The Morgan fingerprint density at radius 2 is 2.06 bits per heavy atom. The molecule has 0 fully saturated rings. The number of rotatable bonds is 4. The van der Waals surface area contributed by atoms with Crippen LogP contribution in [0.2, 0.25) is 0 Å². The summed E-state index contributed by atoms with van der Waals surface area (Å²) in [4.78, 5) is 13.5. The molecule has 1 aromatic rings. The van der Waals surface area contributed by atoms with Crippen molar-refractivity contribution in [3.05, 3.63) is 24.8 Å². The molecule has 0 bridgehead atoms. The lowest BCUT2D eigenvalue weighted by Crippen LogP contribution is -2.39. The molecule has 1 N–H and O–H groups in total. The normalized spacial score (nSPS) is 13.7. The molecule has 5 nitrogen and oxygen atoms in total. The Labute approximate surface area is 106 Å². The highest BCUT2D eigenvalue weighted by Gasteiger charge is 2.25. The molecule has 18 heavy (non-hydrogen) atoms. The number of benzene rings is 1. The number of methoxy groups -OCH3 is 2. The van der Waals surface area contributed by atoms with Crippen LogP contribution in [0.3, 0.4) is 0 Å². The molecule has 0 spiro atoms. The van der Waals surface area contributed by atoms with Gasteiger partial charge in [0, 0.05) is 18.7 Å². The number of fused-ring (bicyclic) bond motifs is 1. The van der Waals surface area contributed by atoms with E-state index in [4.69, 9.17) is 9.47 Å². The SMILES string of the molecule is C=CCN1C(=O)CNc2cc(OC)c(OC)cc21. The summed E-state index contributed by atoms with van der Waals surface area (Å²) in [6.45, 7) is 4.42. The van der Waals surface area contributed by atoms with Crippen LogP contribution in [0.5, 0.6) is 11.5 Å². The maximum Gasteiger partial charge on any atom is 0.246 e. The monoisotopic (exact) mass is 248 g/mol. The van der Waals surface area contributed by atoms with E-state index in [-0.39, 0.29) is 12.5 Å². The van der Waals surface area contributed by atoms with E-state index in [2.05, 4.69) is 11.9 Å². The number of amides is 1. The molecule has 1 aliphatic rings. The van der Waals surface area contributed by atoms with Gasteiger partial charge in [-0.15, -0.1) is 6.58 Å². The minimum Gasteiger partial charge on any atom is -0.493 e. The standard InChI is InChI=1S/C13H16N2O3/c1-4-5-15-10-7-12(18-3)11(17-2)6-9(10)14-8-13(15)16/h4,6-7,14H,1,5,8H2,2-3H3. The van der Waals surface area contributed by atoms with Crippen LogP contribution in [-0.4, -0.2) is 33.2 Å². The highest BCUT2D eigenvalue weighted by Crippen LogP contribution is 2.39. The lowest BCUT2D eigenvalue weighted by atomic mass is 10.1. The molecule has 0 saturated carbocycles. The smallest absolute Gasteiger partial charge is 0.246 e. The summed E-state index contributed by atoms with van der Waals surface area (Å²) < 4.78 is 10.5. The van der Waals surface area contributed by atoms with E-state index in [1.807, 2.05) is 6.07 Å². The van der Waals surface area contributed by atoms with Gasteiger partial charge < -0.3 is 19.7 Å². The quantitative estimate of drug-likeness (QED) is 0.823. The van der Waals surface area contributed by atoms with Crippen molar-refractivity contribution in [2.24, 2.45) is 0 Å². The van der Waals surface area contributed by atoms with Gasteiger partial charge in [-0.25, -0.2) is 0 Å². The highest BCUT2D eigenvalue weighted by atomic mass is 16.5. The van der Waals surface area contributed by atoms with Gasteiger partial charge in [-0.3, -0.25) is 4.79 Å². The lowest BCUT2D eigenvalue weighted by Gasteiger charge is -2.30. The molecule has 96 valence electrons. The molecule has 1 aliphatic heterocycles. The number of carbonyl (C=O) groups excluding carboxylic acids is 1. The second kappa shape index (κ2) is 5.00. The van der Waals surface area contributed by atoms with E-state index in [1.165, 1.54) is 0 Å². The van der Waals surface area contributed by atoms with Crippen molar-refractivity contribution in [3.63, 3.8) is 0 Å². The van der Waals surface area contributed by atoms with Gasteiger partial charge in [0.05, 0.1) is 32.1 Å². The van der Waals surface area contributed by atoms with E-state index in [9.17, 15) is 4.79 Å². The van der Waals surface area contributed by atoms with Crippen molar-refractivity contribution in [2.75, 3.05) is 37.5 Å². The first-order valence-electron chi connectivity index (χ1n) is 5.62. The van der Waals surface area contributed by atoms with E-state index in [1.54, 1.807) is 31.3 Å². The van der Waals surface area contributed by atoms with Gasteiger partial charge in [-0.2, -0.15) is 0 Å². The summed E-state index contributed by atoms with van der Waals surface area (Å²) in [5, 5.41) is 3.07. The van der Waals surface area contributed by atoms with Gasteiger partial charge >= 0.3 is 0 Å². The molecule has 0 saturated heterocycles. The summed E-state index contributed by atoms with van der Waals surface area (Å²) in [7, 11) is 3.15. The number of nitrogens with zero attached hydrogens (tertiary/aromatic N) is 1. The molecule has 1 aromatic carbocycles. The van der Waals surface area contributed by atoms with Gasteiger partial charge in [0.15, 0.2) is 11.5 Å². The van der Waals surface area contributed by atoms with Crippen LogP contribution in [0.1, 0.15) is 0 Å². The van der Waals surface area contributed by atoms with Crippen molar-refractivity contribution in [2.45, 2.75) is 0 Å². The van der Waals surface area contributed by atoms with E-state index < -0.39 is 0 Å². The topological polar surface area (TPSA) is 50.8 Å². The van der Waals surface area contributed by atoms with Crippen LogP contribution in [0.25, 0.3) is 0 Å². The number of hydrogen-bond acceptors (Lipinski definition) is 4. The van der Waals surface area contributed by atoms with Gasteiger partial charge in [0.1, 0.15) is 0 Å². The Morgan fingerprint density at radius 1 is 1.39 bits per heavy atom. The molecule has 5 heteroatoms. The maximum absolute atomic E-state index is 11.8. The number of carbonyl (C=O) groups is 1. The predicted octanol–water partition coefficient (Wildman–Crippen LogP) is 1.65. The summed E-state index contributed by atoms with van der Waals surface area (Å²) >= 11 is 0. The second-order valence-electron chi connectivity index (χ2n) is 3.87. The minimum absolute atomic E-state index is 0.00891. The Bertz CT molecular complexity index is 485. The van der Waals surface area contributed by atoms with Crippen LogP contribution >= 0.6 is 0 Å². The van der Waals surface area contributed by atoms with E-state index in [0.717, 1.165) is 11.4 Å². The Balaban J connectivity index is 2.50.